The Morgan fingerprint density at radius 1 is 1.44 bits per heavy atom. The predicted molar refractivity (Wildman–Crippen MR) is 59.9 cm³/mol. The highest BCUT2D eigenvalue weighted by molar-refractivity contribution is 7.90. The molecule has 0 amide bonds. The summed E-state index contributed by atoms with van der Waals surface area (Å²) < 4.78 is 27.2. The molecule has 0 heterocycles. The Morgan fingerprint density at radius 2 is 2.06 bits per heavy atom. The number of carbonyl (C=O) groups is 1. The van der Waals surface area contributed by atoms with E-state index in [2.05, 4.69) is 0 Å². The van der Waals surface area contributed by atoms with Crippen LogP contribution in [0.25, 0.3) is 0 Å². The Hall–Kier alpha value is -1.56. The molecule has 0 fully saturated rings. The Labute approximate surface area is 94.1 Å². The molecule has 0 aliphatic carbocycles. The van der Waals surface area contributed by atoms with Gasteiger partial charge in [-0.1, -0.05) is 0 Å². The summed E-state index contributed by atoms with van der Waals surface area (Å²) in [7, 11) is -3.31. The maximum absolute atomic E-state index is 11.4. The van der Waals surface area contributed by atoms with E-state index in [9.17, 15) is 13.2 Å². The highest BCUT2D eigenvalue weighted by atomic mass is 32.2. The molecule has 0 spiro atoms. The number of nitrogen functional groups attached to an aromatic ring is 1. The van der Waals surface area contributed by atoms with Crippen LogP contribution in [0.15, 0.2) is 23.1 Å². The van der Waals surface area contributed by atoms with Gasteiger partial charge in [0.1, 0.15) is 0 Å². The zero-order valence-electron chi connectivity index (χ0n) is 9.06. The van der Waals surface area contributed by atoms with Gasteiger partial charge in [-0.15, -0.1) is 0 Å². The van der Waals surface area contributed by atoms with Crippen molar-refractivity contribution >= 4 is 21.5 Å². The van der Waals surface area contributed by atoms with E-state index in [0.717, 1.165) is 6.26 Å². The number of benzene rings is 1. The maximum atomic E-state index is 11.4. The van der Waals surface area contributed by atoms with Gasteiger partial charge in [0.05, 0.1) is 17.1 Å². The molecule has 0 bridgehead atoms. The average Bonchev–Trinajstić information content (AvgIpc) is 2.16. The van der Waals surface area contributed by atoms with Gasteiger partial charge in [0.25, 0.3) is 0 Å². The number of hydrogen-bond donors (Lipinski definition) is 1. The van der Waals surface area contributed by atoms with Crippen molar-refractivity contribution in [2.24, 2.45) is 0 Å². The monoisotopic (exact) mass is 243 g/mol. The van der Waals surface area contributed by atoms with Gasteiger partial charge in [-0.2, -0.15) is 0 Å². The topological polar surface area (TPSA) is 86.5 Å². The molecule has 1 rings (SSSR count). The van der Waals surface area contributed by atoms with E-state index in [1.54, 1.807) is 6.92 Å². The molecule has 0 saturated carbocycles. The van der Waals surface area contributed by atoms with E-state index in [1.807, 2.05) is 0 Å². The number of carbonyl (C=O) groups excluding carboxylic acids is 1. The molecule has 0 aromatic heterocycles. The lowest BCUT2D eigenvalue weighted by Gasteiger charge is -2.06. The zero-order chi connectivity index (χ0) is 12.3. The summed E-state index contributed by atoms with van der Waals surface area (Å²) >= 11 is 0. The molecule has 2 N–H and O–H groups in total. The van der Waals surface area contributed by atoms with Gasteiger partial charge in [-0.25, -0.2) is 13.2 Å². The maximum Gasteiger partial charge on any atom is 0.340 e. The molecule has 0 unspecified atom stereocenters. The number of ether oxygens (including phenoxy) is 1. The SMILES string of the molecule is CCOC(=O)c1ccc(S(C)(=O)=O)cc1N. The van der Waals surface area contributed by atoms with Gasteiger partial charge < -0.3 is 10.5 Å². The fraction of sp³-hybridized carbons (Fsp3) is 0.300. The van der Waals surface area contributed by atoms with Crippen molar-refractivity contribution in [1.82, 2.24) is 0 Å². The second-order valence-corrected chi connectivity index (χ2v) is 5.26. The van der Waals surface area contributed by atoms with E-state index in [1.165, 1.54) is 18.2 Å². The largest absolute Gasteiger partial charge is 0.462 e. The van der Waals surface area contributed by atoms with Crippen LogP contribution in [0.1, 0.15) is 17.3 Å². The predicted octanol–water partition coefficient (Wildman–Crippen LogP) is 0.849. The average molecular weight is 243 g/mol. The van der Waals surface area contributed by atoms with Crippen LogP contribution < -0.4 is 5.73 Å². The van der Waals surface area contributed by atoms with Crippen LogP contribution in [0.3, 0.4) is 0 Å². The molecule has 0 aliphatic heterocycles. The summed E-state index contributed by atoms with van der Waals surface area (Å²) in [6.07, 6.45) is 1.08. The first-order valence-corrected chi connectivity index (χ1v) is 6.52. The quantitative estimate of drug-likeness (QED) is 0.628. The van der Waals surface area contributed by atoms with Crippen molar-refractivity contribution in [3.8, 4) is 0 Å². The van der Waals surface area contributed by atoms with Crippen LogP contribution >= 0.6 is 0 Å². The molecule has 0 aliphatic rings. The van der Waals surface area contributed by atoms with E-state index in [-0.39, 0.29) is 22.8 Å². The first-order valence-electron chi connectivity index (χ1n) is 4.63. The molecule has 1 aromatic carbocycles. The first-order chi connectivity index (χ1) is 7.36. The fourth-order valence-corrected chi connectivity index (χ4v) is 1.82. The van der Waals surface area contributed by atoms with E-state index in [4.69, 9.17) is 10.5 Å². The molecular formula is C10H13NO4S. The molecule has 6 heteroatoms. The summed E-state index contributed by atoms with van der Waals surface area (Å²) in [4.78, 5) is 11.5. The number of nitrogens with two attached hydrogens (primary N) is 1. The fourth-order valence-electron chi connectivity index (χ4n) is 1.17. The highest BCUT2D eigenvalue weighted by Crippen LogP contribution is 2.18. The van der Waals surface area contributed by atoms with Crippen molar-refractivity contribution in [2.45, 2.75) is 11.8 Å². The van der Waals surface area contributed by atoms with Crippen LogP contribution in [0.5, 0.6) is 0 Å². The van der Waals surface area contributed by atoms with Gasteiger partial charge in [0.2, 0.25) is 0 Å². The molecule has 0 atom stereocenters. The lowest BCUT2D eigenvalue weighted by Crippen LogP contribution is -2.09. The highest BCUT2D eigenvalue weighted by Gasteiger charge is 2.14. The van der Waals surface area contributed by atoms with Gasteiger partial charge in [0.15, 0.2) is 9.84 Å². The minimum absolute atomic E-state index is 0.0815. The van der Waals surface area contributed by atoms with Crippen molar-refractivity contribution in [2.75, 3.05) is 18.6 Å². The number of rotatable bonds is 3. The molecule has 1 aromatic rings. The van der Waals surface area contributed by atoms with Crippen LogP contribution in [0.4, 0.5) is 5.69 Å². The van der Waals surface area contributed by atoms with Gasteiger partial charge in [0, 0.05) is 11.9 Å². The molecule has 0 saturated heterocycles. The Morgan fingerprint density at radius 3 is 2.50 bits per heavy atom. The standard InChI is InChI=1S/C10H13NO4S/c1-3-15-10(12)8-5-4-7(6-9(8)11)16(2,13)14/h4-6H,3,11H2,1-2H3. The minimum atomic E-state index is -3.31. The van der Waals surface area contributed by atoms with Gasteiger partial charge in [-0.3, -0.25) is 0 Å². The molecule has 88 valence electrons. The van der Waals surface area contributed by atoms with Crippen molar-refractivity contribution in [3.05, 3.63) is 23.8 Å². The third-order valence-electron chi connectivity index (χ3n) is 1.95. The van der Waals surface area contributed by atoms with Crippen molar-refractivity contribution < 1.29 is 17.9 Å². The summed E-state index contributed by atoms with van der Waals surface area (Å²) in [6, 6.07) is 3.93. The Balaban J connectivity index is 3.15. The normalized spacial score (nSPS) is 11.1. The third-order valence-corrected chi connectivity index (χ3v) is 3.06. The number of sulfone groups is 1. The van der Waals surface area contributed by atoms with Crippen molar-refractivity contribution in [1.29, 1.82) is 0 Å². The second kappa shape index (κ2) is 4.52. The van der Waals surface area contributed by atoms with E-state index in [0.29, 0.717) is 0 Å². The lowest BCUT2D eigenvalue weighted by molar-refractivity contribution is 0.0527. The van der Waals surface area contributed by atoms with Crippen molar-refractivity contribution in [3.63, 3.8) is 0 Å². The molecule has 0 radical (unpaired) electrons. The smallest absolute Gasteiger partial charge is 0.340 e. The first kappa shape index (κ1) is 12.5. The Bertz CT molecular complexity index is 508. The summed E-state index contributed by atoms with van der Waals surface area (Å²) in [5, 5.41) is 0. The second-order valence-electron chi connectivity index (χ2n) is 3.24. The molecular weight excluding hydrogens is 230 g/mol. The minimum Gasteiger partial charge on any atom is -0.462 e. The van der Waals surface area contributed by atoms with E-state index < -0.39 is 15.8 Å². The van der Waals surface area contributed by atoms with Gasteiger partial charge in [-0.05, 0) is 25.1 Å². The lowest BCUT2D eigenvalue weighted by atomic mass is 10.2. The van der Waals surface area contributed by atoms with Gasteiger partial charge >= 0.3 is 5.97 Å². The van der Waals surface area contributed by atoms with E-state index >= 15 is 0 Å². The number of hydrogen-bond acceptors (Lipinski definition) is 5. The number of anilines is 1. The number of esters is 1. The summed E-state index contributed by atoms with van der Waals surface area (Å²) in [6.45, 7) is 1.92. The summed E-state index contributed by atoms with van der Waals surface area (Å²) in [5.41, 5.74) is 5.86. The Kier molecular flexibility index (Phi) is 3.54. The summed E-state index contributed by atoms with van der Waals surface area (Å²) in [5.74, 6) is -0.556. The van der Waals surface area contributed by atoms with Crippen LogP contribution in [-0.4, -0.2) is 27.2 Å². The van der Waals surface area contributed by atoms with Crippen LogP contribution in [-0.2, 0) is 14.6 Å². The zero-order valence-corrected chi connectivity index (χ0v) is 9.87. The molecule has 16 heavy (non-hydrogen) atoms. The van der Waals surface area contributed by atoms with Crippen LogP contribution in [0, 0.1) is 0 Å². The molecule has 5 nitrogen and oxygen atoms in total. The van der Waals surface area contributed by atoms with Crippen LogP contribution in [0.2, 0.25) is 0 Å². The third kappa shape index (κ3) is 2.73.